The molecule has 0 aliphatic heterocycles. The number of H-pyrrole nitrogens is 1. The normalized spacial score (nSPS) is 10.3. The van der Waals surface area contributed by atoms with Crippen molar-refractivity contribution in [2.75, 3.05) is 17.3 Å². The maximum atomic E-state index is 12.6. The van der Waals surface area contributed by atoms with Crippen LogP contribution in [0.3, 0.4) is 0 Å². The molecule has 1 heterocycles. The Morgan fingerprint density at radius 1 is 1.13 bits per heavy atom. The monoisotopic (exact) mass is 306 g/mol. The third-order valence-electron chi connectivity index (χ3n) is 3.60. The van der Waals surface area contributed by atoms with Gasteiger partial charge in [-0.05, 0) is 36.4 Å². The number of aromatic amines is 1. The molecule has 0 unspecified atom stereocenters. The number of carbonyl (C=O) groups excluding carboxylic acids is 1. The van der Waals surface area contributed by atoms with Gasteiger partial charge < -0.3 is 10.2 Å². The largest absolute Gasteiger partial charge is 0.379 e. The van der Waals surface area contributed by atoms with Crippen LogP contribution in [0.25, 0.3) is 0 Å². The summed E-state index contributed by atoms with van der Waals surface area (Å²) in [6.45, 7) is 0.631. The smallest absolute Gasteiger partial charge is 0.258 e. The van der Waals surface area contributed by atoms with E-state index in [-0.39, 0.29) is 5.91 Å². The van der Waals surface area contributed by atoms with Gasteiger partial charge in [-0.15, -0.1) is 0 Å². The minimum atomic E-state index is -0.0404. The van der Waals surface area contributed by atoms with Gasteiger partial charge in [-0.3, -0.25) is 9.89 Å². The molecule has 0 saturated carbocycles. The Morgan fingerprint density at radius 3 is 2.70 bits per heavy atom. The van der Waals surface area contributed by atoms with Crippen molar-refractivity contribution in [1.82, 2.24) is 10.2 Å². The highest BCUT2D eigenvalue weighted by Gasteiger charge is 2.13. The number of aromatic nitrogens is 2. The molecule has 0 radical (unpaired) electrons. The van der Waals surface area contributed by atoms with Crippen molar-refractivity contribution in [3.05, 3.63) is 78.1 Å². The molecule has 5 nitrogen and oxygen atoms in total. The van der Waals surface area contributed by atoms with Crippen LogP contribution in [0.2, 0.25) is 0 Å². The van der Waals surface area contributed by atoms with Crippen LogP contribution >= 0.6 is 0 Å². The molecule has 0 aliphatic rings. The fraction of sp³-hybridized carbons (Fsp3) is 0.111. The van der Waals surface area contributed by atoms with Crippen molar-refractivity contribution in [1.29, 1.82) is 0 Å². The van der Waals surface area contributed by atoms with Gasteiger partial charge in [-0.25, -0.2) is 0 Å². The van der Waals surface area contributed by atoms with Crippen LogP contribution in [0.5, 0.6) is 0 Å². The minimum absolute atomic E-state index is 0.0404. The molecule has 2 N–H and O–H groups in total. The second-order valence-corrected chi connectivity index (χ2v) is 5.22. The molecule has 0 atom stereocenters. The van der Waals surface area contributed by atoms with E-state index in [9.17, 15) is 4.79 Å². The van der Waals surface area contributed by atoms with Gasteiger partial charge in [0.2, 0.25) is 0 Å². The maximum absolute atomic E-state index is 12.6. The van der Waals surface area contributed by atoms with E-state index in [4.69, 9.17) is 0 Å². The first-order valence-corrected chi connectivity index (χ1v) is 7.39. The molecular formula is C18H18N4O. The Labute approximate surface area is 135 Å². The standard InChI is InChI=1S/C18H18N4O/c1-22(17-8-3-2-4-9-17)18(23)14-6-5-7-15(12-14)19-13-16-10-11-20-21-16/h2-12,19H,13H2,1H3,(H,20,21). The Kier molecular flexibility index (Phi) is 4.38. The van der Waals surface area contributed by atoms with Crippen molar-refractivity contribution < 1.29 is 4.79 Å². The predicted molar refractivity (Wildman–Crippen MR) is 91.5 cm³/mol. The third-order valence-corrected chi connectivity index (χ3v) is 3.60. The zero-order valence-electron chi connectivity index (χ0n) is 12.9. The first-order valence-electron chi connectivity index (χ1n) is 7.39. The number of hydrogen-bond acceptors (Lipinski definition) is 3. The quantitative estimate of drug-likeness (QED) is 0.760. The van der Waals surface area contributed by atoms with Crippen LogP contribution in [0.15, 0.2) is 66.9 Å². The van der Waals surface area contributed by atoms with Crippen LogP contribution in [0, 0.1) is 0 Å². The van der Waals surface area contributed by atoms with Crippen molar-refractivity contribution in [2.24, 2.45) is 0 Å². The van der Waals surface area contributed by atoms with E-state index < -0.39 is 0 Å². The van der Waals surface area contributed by atoms with E-state index in [0.717, 1.165) is 17.1 Å². The number of anilines is 2. The summed E-state index contributed by atoms with van der Waals surface area (Å²) in [5.41, 5.74) is 3.40. The summed E-state index contributed by atoms with van der Waals surface area (Å²) in [5, 5.41) is 10.1. The van der Waals surface area contributed by atoms with Gasteiger partial charge in [0.05, 0.1) is 12.2 Å². The Hall–Kier alpha value is -3.08. The summed E-state index contributed by atoms with van der Waals surface area (Å²) in [6.07, 6.45) is 1.71. The van der Waals surface area contributed by atoms with Crippen molar-refractivity contribution >= 4 is 17.3 Å². The SMILES string of the molecule is CN(C(=O)c1cccc(NCc2ccn[nH]2)c1)c1ccccc1. The molecule has 23 heavy (non-hydrogen) atoms. The van der Waals surface area contributed by atoms with Crippen LogP contribution in [0.1, 0.15) is 16.1 Å². The molecule has 0 bridgehead atoms. The number of benzene rings is 2. The molecule has 3 rings (SSSR count). The molecule has 0 spiro atoms. The third kappa shape index (κ3) is 3.58. The summed E-state index contributed by atoms with van der Waals surface area (Å²) in [7, 11) is 1.78. The minimum Gasteiger partial charge on any atom is -0.379 e. The lowest BCUT2D eigenvalue weighted by molar-refractivity contribution is 0.0993. The van der Waals surface area contributed by atoms with Gasteiger partial charge in [0.15, 0.2) is 0 Å². The average Bonchev–Trinajstić information content (AvgIpc) is 3.13. The number of rotatable bonds is 5. The number of nitrogens with one attached hydrogen (secondary N) is 2. The van der Waals surface area contributed by atoms with E-state index >= 15 is 0 Å². The number of hydrogen-bond donors (Lipinski definition) is 2. The molecule has 5 heteroatoms. The number of para-hydroxylation sites is 1. The number of nitrogens with zero attached hydrogens (tertiary/aromatic N) is 2. The molecule has 0 saturated heterocycles. The van der Waals surface area contributed by atoms with Crippen LogP contribution in [0.4, 0.5) is 11.4 Å². The van der Waals surface area contributed by atoms with E-state index in [1.807, 2.05) is 60.7 Å². The molecule has 1 amide bonds. The average molecular weight is 306 g/mol. The van der Waals surface area contributed by atoms with Gasteiger partial charge >= 0.3 is 0 Å². The lowest BCUT2D eigenvalue weighted by Gasteiger charge is -2.17. The van der Waals surface area contributed by atoms with Crippen molar-refractivity contribution in [2.45, 2.75) is 6.54 Å². The second-order valence-electron chi connectivity index (χ2n) is 5.22. The van der Waals surface area contributed by atoms with Crippen molar-refractivity contribution in [3.8, 4) is 0 Å². The van der Waals surface area contributed by atoms with Gasteiger partial charge in [0.25, 0.3) is 5.91 Å². The maximum Gasteiger partial charge on any atom is 0.258 e. The lowest BCUT2D eigenvalue weighted by atomic mass is 10.1. The summed E-state index contributed by atoms with van der Waals surface area (Å²) in [4.78, 5) is 14.3. The molecule has 1 aromatic heterocycles. The van der Waals surface area contributed by atoms with Gasteiger partial charge in [-0.2, -0.15) is 5.10 Å². The highest BCUT2D eigenvalue weighted by atomic mass is 16.2. The van der Waals surface area contributed by atoms with Crippen LogP contribution in [-0.2, 0) is 6.54 Å². The Balaban J connectivity index is 1.72. The highest BCUT2D eigenvalue weighted by molar-refractivity contribution is 6.06. The Bertz CT molecular complexity index is 769. The van der Waals surface area contributed by atoms with E-state index in [0.29, 0.717) is 12.1 Å². The molecule has 116 valence electrons. The topological polar surface area (TPSA) is 61.0 Å². The van der Waals surface area contributed by atoms with Gasteiger partial charge in [-0.1, -0.05) is 24.3 Å². The summed E-state index contributed by atoms with van der Waals surface area (Å²) >= 11 is 0. The fourth-order valence-corrected chi connectivity index (χ4v) is 2.31. The molecule has 3 aromatic rings. The van der Waals surface area contributed by atoms with Crippen LogP contribution in [-0.4, -0.2) is 23.2 Å². The Morgan fingerprint density at radius 2 is 1.96 bits per heavy atom. The zero-order chi connectivity index (χ0) is 16.1. The van der Waals surface area contributed by atoms with Gasteiger partial charge in [0.1, 0.15) is 0 Å². The number of carbonyl (C=O) groups is 1. The summed E-state index contributed by atoms with van der Waals surface area (Å²) in [5.74, 6) is -0.0404. The van der Waals surface area contributed by atoms with E-state index in [1.54, 1.807) is 18.1 Å². The number of amides is 1. The van der Waals surface area contributed by atoms with Crippen molar-refractivity contribution in [3.63, 3.8) is 0 Å². The first kappa shape index (κ1) is 14.8. The van der Waals surface area contributed by atoms with E-state index in [1.165, 1.54) is 0 Å². The second kappa shape index (κ2) is 6.79. The molecular weight excluding hydrogens is 288 g/mol. The molecule has 0 fully saturated rings. The van der Waals surface area contributed by atoms with Crippen LogP contribution < -0.4 is 10.2 Å². The van der Waals surface area contributed by atoms with Gasteiger partial charge in [0, 0.05) is 30.2 Å². The summed E-state index contributed by atoms with van der Waals surface area (Å²) < 4.78 is 0. The highest BCUT2D eigenvalue weighted by Crippen LogP contribution is 2.17. The first-order chi connectivity index (χ1) is 11.2. The predicted octanol–water partition coefficient (Wildman–Crippen LogP) is 3.30. The zero-order valence-corrected chi connectivity index (χ0v) is 12.9. The lowest BCUT2D eigenvalue weighted by Crippen LogP contribution is -2.26. The molecule has 2 aromatic carbocycles. The summed E-state index contributed by atoms with van der Waals surface area (Å²) in [6, 6.07) is 19.0. The fourth-order valence-electron chi connectivity index (χ4n) is 2.31. The molecule has 0 aliphatic carbocycles. The van der Waals surface area contributed by atoms with E-state index in [2.05, 4.69) is 15.5 Å².